The summed E-state index contributed by atoms with van der Waals surface area (Å²) in [6.07, 6.45) is 3.66. The summed E-state index contributed by atoms with van der Waals surface area (Å²) >= 11 is 1.88. The van der Waals surface area contributed by atoms with E-state index in [2.05, 4.69) is 25.3 Å². The van der Waals surface area contributed by atoms with Crippen molar-refractivity contribution in [1.29, 1.82) is 0 Å². The minimum Gasteiger partial charge on any atom is -0.330 e. The first-order valence-electron chi connectivity index (χ1n) is 4.97. The van der Waals surface area contributed by atoms with Crippen LogP contribution < -0.4 is 5.73 Å². The van der Waals surface area contributed by atoms with E-state index in [-0.39, 0.29) is 0 Å². The minimum absolute atomic E-state index is 0.770. The van der Waals surface area contributed by atoms with Crippen LogP contribution in [0, 0.1) is 12.8 Å². The molecule has 1 aromatic heterocycles. The molecule has 1 unspecified atom stereocenters. The van der Waals surface area contributed by atoms with Gasteiger partial charge in [-0.15, -0.1) is 11.3 Å². The topological polar surface area (TPSA) is 26.0 Å². The van der Waals surface area contributed by atoms with Gasteiger partial charge in [0.1, 0.15) is 0 Å². The Balaban J connectivity index is 2.30. The lowest BCUT2D eigenvalue weighted by Crippen LogP contribution is -2.06. The third-order valence-corrected chi connectivity index (χ3v) is 3.57. The fourth-order valence-corrected chi connectivity index (χ4v) is 2.39. The molecule has 0 aliphatic rings. The van der Waals surface area contributed by atoms with E-state index in [9.17, 15) is 0 Å². The van der Waals surface area contributed by atoms with Gasteiger partial charge in [-0.1, -0.05) is 6.92 Å². The molecule has 0 amide bonds. The van der Waals surface area contributed by atoms with Crippen molar-refractivity contribution in [3.63, 3.8) is 0 Å². The Morgan fingerprint density at radius 3 is 2.77 bits per heavy atom. The standard InChI is InChI=1S/C11H19NS/c1-9(5-7-12)3-4-11-10(2)6-8-13-11/h6,8-9H,3-5,7,12H2,1-2H3. The fourth-order valence-electron chi connectivity index (χ4n) is 1.47. The molecule has 0 fully saturated rings. The Morgan fingerprint density at radius 1 is 1.46 bits per heavy atom. The van der Waals surface area contributed by atoms with E-state index in [0.717, 1.165) is 18.9 Å². The molecule has 0 spiro atoms. The van der Waals surface area contributed by atoms with E-state index >= 15 is 0 Å². The average molecular weight is 197 g/mol. The molecule has 0 saturated carbocycles. The first-order valence-corrected chi connectivity index (χ1v) is 5.85. The Hall–Kier alpha value is -0.340. The van der Waals surface area contributed by atoms with Crippen molar-refractivity contribution in [3.8, 4) is 0 Å². The molecule has 0 bridgehead atoms. The van der Waals surface area contributed by atoms with Crippen LogP contribution in [0.15, 0.2) is 11.4 Å². The average Bonchev–Trinajstić information content (AvgIpc) is 2.48. The monoisotopic (exact) mass is 197 g/mol. The molecule has 2 heteroatoms. The van der Waals surface area contributed by atoms with Crippen molar-refractivity contribution in [3.05, 3.63) is 21.9 Å². The van der Waals surface area contributed by atoms with Gasteiger partial charge in [-0.05, 0) is 55.7 Å². The van der Waals surface area contributed by atoms with E-state index in [1.165, 1.54) is 18.4 Å². The molecule has 1 nitrogen and oxygen atoms in total. The number of nitrogens with two attached hydrogens (primary N) is 1. The fraction of sp³-hybridized carbons (Fsp3) is 0.636. The molecular weight excluding hydrogens is 178 g/mol. The summed E-state index contributed by atoms with van der Waals surface area (Å²) in [5.41, 5.74) is 6.96. The maximum Gasteiger partial charge on any atom is 0.00745 e. The van der Waals surface area contributed by atoms with Gasteiger partial charge in [0.2, 0.25) is 0 Å². The molecule has 1 heterocycles. The van der Waals surface area contributed by atoms with Gasteiger partial charge in [0.25, 0.3) is 0 Å². The first kappa shape index (κ1) is 10.7. The Labute approximate surface area is 85.0 Å². The Bertz CT molecular complexity index is 242. The van der Waals surface area contributed by atoms with Crippen LogP contribution in [0.4, 0.5) is 0 Å². The molecule has 0 radical (unpaired) electrons. The molecular formula is C11H19NS. The first-order chi connectivity index (χ1) is 6.24. The number of thiophene rings is 1. The van der Waals surface area contributed by atoms with Crippen LogP contribution in [-0.4, -0.2) is 6.54 Å². The van der Waals surface area contributed by atoms with Crippen LogP contribution in [0.25, 0.3) is 0 Å². The molecule has 13 heavy (non-hydrogen) atoms. The van der Waals surface area contributed by atoms with Gasteiger partial charge in [-0.25, -0.2) is 0 Å². The third-order valence-electron chi connectivity index (χ3n) is 2.49. The van der Waals surface area contributed by atoms with E-state index < -0.39 is 0 Å². The van der Waals surface area contributed by atoms with Gasteiger partial charge >= 0.3 is 0 Å². The normalized spacial score (nSPS) is 13.2. The van der Waals surface area contributed by atoms with Crippen molar-refractivity contribution in [2.24, 2.45) is 11.7 Å². The Kier molecular flexibility index (Phi) is 4.46. The van der Waals surface area contributed by atoms with E-state index in [4.69, 9.17) is 5.73 Å². The van der Waals surface area contributed by atoms with Gasteiger partial charge in [-0.3, -0.25) is 0 Å². The minimum atomic E-state index is 0.770. The maximum atomic E-state index is 5.51. The number of hydrogen-bond acceptors (Lipinski definition) is 2. The molecule has 1 aromatic rings. The zero-order valence-corrected chi connectivity index (χ0v) is 9.36. The highest BCUT2D eigenvalue weighted by atomic mass is 32.1. The van der Waals surface area contributed by atoms with Gasteiger partial charge < -0.3 is 5.73 Å². The number of aryl methyl sites for hydroxylation is 2. The lowest BCUT2D eigenvalue weighted by atomic mass is 10.0. The van der Waals surface area contributed by atoms with Crippen molar-refractivity contribution >= 4 is 11.3 Å². The number of rotatable bonds is 5. The van der Waals surface area contributed by atoms with Crippen molar-refractivity contribution in [2.75, 3.05) is 6.54 Å². The van der Waals surface area contributed by atoms with Crippen LogP contribution in [-0.2, 0) is 6.42 Å². The van der Waals surface area contributed by atoms with Crippen molar-refractivity contribution in [1.82, 2.24) is 0 Å². The largest absolute Gasteiger partial charge is 0.330 e. The second-order valence-corrected chi connectivity index (χ2v) is 4.75. The Morgan fingerprint density at radius 2 is 2.23 bits per heavy atom. The highest BCUT2D eigenvalue weighted by Crippen LogP contribution is 2.20. The molecule has 1 atom stereocenters. The highest BCUT2D eigenvalue weighted by molar-refractivity contribution is 7.10. The smallest absolute Gasteiger partial charge is 0.00745 e. The number of hydrogen-bond donors (Lipinski definition) is 1. The molecule has 1 rings (SSSR count). The second kappa shape index (κ2) is 5.40. The van der Waals surface area contributed by atoms with Crippen LogP contribution in [0.1, 0.15) is 30.2 Å². The summed E-state index contributed by atoms with van der Waals surface area (Å²) in [7, 11) is 0. The molecule has 0 aliphatic carbocycles. The lowest BCUT2D eigenvalue weighted by molar-refractivity contribution is 0.501. The summed E-state index contributed by atoms with van der Waals surface area (Å²) in [4.78, 5) is 1.55. The molecule has 0 aliphatic heterocycles. The summed E-state index contributed by atoms with van der Waals surface area (Å²) in [5, 5.41) is 2.18. The molecule has 0 saturated heterocycles. The summed E-state index contributed by atoms with van der Waals surface area (Å²) < 4.78 is 0. The van der Waals surface area contributed by atoms with Crippen LogP contribution >= 0.6 is 11.3 Å². The predicted molar refractivity (Wildman–Crippen MR) is 60.2 cm³/mol. The summed E-state index contributed by atoms with van der Waals surface area (Å²) in [5.74, 6) is 0.770. The van der Waals surface area contributed by atoms with Crippen molar-refractivity contribution < 1.29 is 0 Å². The van der Waals surface area contributed by atoms with E-state index in [1.54, 1.807) is 4.88 Å². The van der Waals surface area contributed by atoms with Gasteiger partial charge in [0, 0.05) is 4.88 Å². The van der Waals surface area contributed by atoms with Gasteiger partial charge in [-0.2, -0.15) is 0 Å². The summed E-state index contributed by atoms with van der Waals surface area (Å²) in [6.45, 7) is 5.31. The SMILES string of the molecule is Cc1ccsc1CCC(C)CCN. The highest BCUT2D eigenvalue weighted by Gasteiger charge is 2.04. The molecule has 74 valence electrons. The zero-order chi connectivity index (χ0) is 9.68. The van der Waals surface area contributed by atoms with Crippen molar-refractivity contribution in [2.45, 2.75) is 33.1 Å². The van der Waals surface area contributed by atoms with Crippen LogP contribution in [0.2, 0.25) is 0 Å². The lowest BCUT2D eigenvalue weighted by Gasteiger charge is -2.08. The third kappa shape index (κ3) is 3.49. The van der Waals surface area contributed by atoms with Crippen LogP contribution in [0.5, 0.6) is 0 Å². The van der Waals surface area contributed by atoms with E-state index in [1.807, 2.05) is 11.3 Å². The quantitative estimate of drug-likeness (QED) is 0.771. The molecule has 0 aromatic carbocycles. The zero-order valence-electron chi connectivity index (χ0n) is 8.55. The van der Waals surface area contributed by atoms with Crippen LogP contribution in [0.3, 0.4) is 0 Å². The van der Waals surface area contributed by atoms with Gasteiger partial charge in [0.05, 0.1) is 0 Å². The maximum absolute atomic E-state index is 5.51. The summed E-state index contributed by atoms with van der Waals surface area (Å²) in [6, 6.07) is 2.20. The molecule has 2 N–H and O–H groups in total. The van der Waals surface area contributed by atoms with Gasteiger partial charge in [0.15, 0.2) is 0 Å². The second-order valence-electron chi connectivity index (χ2n) is 3.75. The van der Waals surface area contributed by atoms with E-state index in [0.29, 0.717) is 0 Å². The predicted octanol–water partition coefficient (Wildman–Crippen LogP) is 2.97.